The average molecular weight is 318 g/mol. The molecule has 0 saturated carbocycles. The number of halogens is 1. The molecule has 0 aliphatic heterocycles. The Labute approximate surface area is 132 Å². The van der Waals surface area contributed by atoms with E-state index < -0.39 is 0 Å². The first kappa shape index (κ1) is 16.0. The summed E-state index contributed by atoms with van der Waals surface area (Å²) in [6, 6.07) is 14.6. The minimum Gasteiger partial charge on any atom is -0.325 e. The van der Waals surface area contributed by atoms with Gasteiger partial charge in [-0.1, -0.05) is 18.2 Å². The maximum Gasteiger partial charge on any atom is 0.234 e. The Balaban J connectivity index is 1.68. The molecule has 2 amide bonds. The van der Waals surface area contributed by atoms with Crippen LogP contribution in [0.15, 0.2) is 54.6 Å². The number of hydrogen-bond acceptors (Lipinski definition) is 3. The molecular formula is C16H15FN2O2S. The summed E-state index contributed by atoms with van der Waals surface area (Å²) in [5.41, 5.74) is 1.25. The number of anilines is 2. The van der Waals surface area contributed by atoms with Crippen molar-refractivity contribution in [2.75, 3.05) is 22.1 Å². The van der Waals surface area contributed by atoms with E-state index in [1.807, 2.05) is 18.2 Å². The van der Waals surface area contributed by atoms with Gasteiger partial charge in [-0.25, -0.2) is 4.39 Å². The Bertz CT molecular complexity index is 632. The maximum atomic E-state index is 12.7. The van der Waals surface area contributed by atoms with Gasteiger partial charge in [0, 0.05) is 11.4 Å². The predicted molar refractivity (Wildman–Crippen MR) is 87.4 cm³/mol. The van der Waals surface area contributed by atoms with E-state index in [1.165, 1.54) is 36.0 Å². The van der Waals surface area contributed by atoms with Gasteiger partial charge in [0.25, 0.3) is 0 Å². The molecule has 0 aliphatic rings. The summed E-state index contributed by atoms with van der Waals surface area (Å²) in [6.45, 7) is 0. The first-order valence-corrected chi connectivity index (χ1v) is 7.77. The molecule has 6 heteroatoms. The molecule has 0 aliphatic carbocycles. The molecule has 0 aromatic heterocycles. The van der Waals surface area contributed by atoms with Crippen molar-refractivity contribution in [2.24, 2.45) is 0 Å². The van der Waals surface area contributed by atoms with Crippen LogP contribution in [0.2, 0.25) is 0 Å². The molecule has 2 rings (SSSR count). The minimum atomic E-state index is -0.357. The van der Waals surface area contributed by atoms with Gasteiger partial charge in [0.15, 0.2) is 0 Å². The van der Waals surface area contributed by atoms with Crippen molar-refractivity contribution < 1.29 is 14.0 Å². The number of rotatable bonds is 6. The van der Waals surface area contributed by atoms with Gasteiger partial charge < -0.3 is 10.6 Å². The van der Waals surface area contributed by atoms with Gasteiger partial charge in [-0.2, -0.15) is 0 Å². The molecule has 0 unspecified atom stereocenters. The minimum absolute atomic E-state index is 0.152. The van der Waals surface area contributed by atoms with Crippen molar-refractivity contribution in [2.45, 2.75) is 0 Å². The van der Waals surface area contributed by atoms with E-state index in [0.717, 1.165) is 5.69 Å². The Morgan fingerprint density at radius 2 is 1.32 bits per heavy atom. The van der Waals surface area contributed by atoms with Crippen LogP contribution in [-0.2, 0) is 9.59 Å². The largest absolute Gasteiger partial charge is 0.325 e. The number of para-hydroxylation sites is 1. The summed E-state index contributed by atoms with van der Waals surface area (Å²) in [7, 11) is 0. The standard InChI is InChI=1S/C16H15FN2O2S/c17-12-6-8-14(9-7-12)19-16(21)11-22-10-15(20)18-13-4-2-1-3-5-13/h1-9H,10-11H2,(H,18,20)(H,19,21). The molecule has 0 fully saturated rings. The van der Waals surface area contributed by atoms with Crippen LogP contribution < -0.4 is 10.6 Å². The van der Waals surface area contributed by atoms with E-state index >= 15 is 0 Å². The topological polar surface area (TPSA) is 58.2 Å². The van der Waals surface area contributed by atoms with Crippen LogP contribution in [0, 0.1) is 5.82 Å². The van der Waals surface area contributed by atoms with Crippen LogP contribution in [0.4, 0.5) is 15.8 Å². The third-order valence-electron chi connectivity index (χ3n) is 2.65. The summed E-state index contributed by atoms with van der Waals surface area (Å²) >= 11 is 1.21. The third kappa shape index (κ3) is 5.57. The molecule has 0 heterocycles. The first-order chi connectivity index (χ1) is 10.6. The van der Waals surface area contributed by atoms with Gasteiger partial charge in [0.2, 0.25) is 11.8 Å². The number of thioether (sulfide) groups is 1. The highest BCUT2D eigenvalue weighted by Gasteiger charge is 2.06. The van der Waals surface area contributed by atoms with Crippen LogP contribution in [0.5, 0.6) is 0 Å². The fourth-order valence-corrected chi connectivity index (χ4v) is 2.30. The number of nitrogens with one attached hydrogen (secondary N) is 2. The Kier molecular flexibility index (Phi) is 5.97. The van der Waals surface area contributed by atoms with Gasteiger partial charge >= 0.3 is 0 Å². The van der Waals surface area contributed by atoms with E-state index in [2.05, 4.69) is 10.6 Å². The van der Waals surface area contributed by atoms with Crippen molar-refractivity contribution in [3.8, 4) is 0 Å². The second kappa shape index (κ2) is 8.19. The lowest BCUT2D eigenvalue weighted by atomic mass is 10.3. The molecule has 0 bridgehead atoms. The van der Waals surface area contributed by atoms with Crippen molar-refractivity contribution in [1.29, 1.82) is 0 Å². The SMILES string of the molecule is O=C(CSCC(=O)Nc1ccc(F)cc1)Nc1ccccc1. The lowest BCUT2D eigenvalue weighted by Gasteiger charge is -2.06. The van der Waals surface area contributed by atoms with Crippen LogP contribution in [-0.4, -0.2) is 23.3 Å². The molecule has 4 nitrogen and oxygen atoms in total. The van der Waals surface area contributed by atoms with Crippen LogP contribution >= 0.6 is 11.8 Å². The zero-order valence-corrected chi connectivity index (χ0v) is 12.5. The third-order valence-corrected chi connectivity index (χ3v) is 3.58. The Morgan fingerprint density at radius 1 is 0.818 bits per heavy atom. The van der Waals surface area contributed by atoms with Gasteiger partial charge in [-0.05, 0) is 36.4 Å². The normalized spacial score (nSPS) is 10.0. The second-order valence-corrected chi connectivity index (χ2v) is 5.45. The molecule has 114 valence electrons. The number of carbonyl (C=O) groups excluding carboxylic acids is 2. The highest BCUT2D eigenvalue weighted by molar-refractivity contribution is 8.00. The highest BCUT2D eigenvalue weighted by Crippen LogP contribution is 2.10. The number of benzene rings is 2. The maximum absolute atomic E-state index is 12.7. The quantitative estimate of drug-likeness (QED) is 0.860. The van der Waals surface area contributed by atoms with E-state index in [4.69, 9.17) is 0 Å². The first-order valence-electron chi connectivity index (χ1n) is 6.61. The van der Waals surface area contributed by atoms with Crippen LogP contribution in [0.25, 0.3) is 0 Å². The Hall–Kier alpha value is -2.34. The van der Waals surface area contributed by atoms with Crippen molar-refractivity contribution >= 4 is 35.0 Å². The zero-order chi connectivity index (χ0) is 15.8. The molecular weight excluding hydrogens is 303 g/mol. The van der Waals surface area contributed by atoms with Gasteiger partial charge in [0.05, 0.1) is 11.5 Å². The van der Waals surface area contributed by atoms with Gasteiger partial charge in [0.1, 0.15) is 5.82 Å². The second-order valence-electron chi connectivity index (χ2n) is 4.46. The summed E-state index contributed by atoms with van der Waals surface area (Å²) in [6.07, 6.45) is 0. The molecule has 0 saturated heterocycles. The number of amides is 2. The van der Waals surface area contributed by atoms with Crippen molar-refractivity contribution in [3.05, 3.63) is 60.4 Å². The molecule has 2 N–H and O–H groups in total. The summed E-state index contributed by atoms with van der Waals surface area (Å²) < 4.78 is 12.7. The molecule has 0 spiro atoms. The summed E-state index contributed by atoms with van der Waals surface area (Å²) in [5.74, 6) is -0.412. The number of hydrogen-bond donors (Lipinski definition) is 2. The smallest absolute Gasteiger partial charge is 0.234 e. The molecule has 2 aromatic rings. The van der Waals surface area contributed by atoms with Crippen molar-refractivity contribution in [1.82, 2.24) is 0 Å². The molecule has 22 heavy (non-hydrogen) atoms. The zero-order valence-electron chi connectivity index (χ0n) is 11.7. The van der Waals surface area contributed by atoms with E-state index in [9.17, 15) is 14.0 Å². The molecule has 0 atom stereocenters. The lowest BCUT2D eigenvalue weighted by molar-refractivity contribution is -0.114. The van der Waals surface area contributed by atoms with Crippen LogP contribution in [0.1, 0.15) is 0 Å². The van der Waals surface area contributed by atoms with Crippen LogP contribution in [0.3, 0.4) is 0 Å². The molecule has 2 aromatic carbocycles. The fourth-order valence-electron chi connectivity index (χ4n) is 1.69. The summed E-state index contributed by atoms with van der Waals surface area (Å²) in [4.78, 5) is 23.4. The Morgan fingerprint density at radius 3 is 1.86 bits per heavy atom. The highest BCUT2D eigenvalue weighted by atomic mass is 32.2. The average Bonchev–Trinajstić information content (AvgIpc) is 2.50. The van der Waals surface area contributed by atoms with Crippen molar-refractivity contribution in [3.63, 3.8) is 0 Å². The van der Waals surface area contributed by atoms with E-state index in [-0.39, 0.29) is 29.1 Å². The monoisotopic (exact) mass is 318 g/mol. The summed E-state index contributed by atoms with van der Waals surface area (Å²) in [5, 5.41) is 5.37. The molecule has 0 radical (unpaired) electrons. The number of carbonyl (C=O) groups is 2. The lowest BCUT2D eigenvalue weighted by Crippen LogP contribution is -2.18. The predicted octanol–water partition coefficient (Wildman–Crippen LogP) is 3.14. The van der Waals surface area contributed by atoms with E-state index in [1.54, 1.807) is 12.1 Å². The van der Waals surface area contributed by atoms with Gasteiger partial charge in [-0.15, -0.1) is 11.8 Å². The van der Waals surface area contributed by atoms with Gasteiger partial charge in [-0.3, -0.25) is 9.59 Å². The van der Waals surface area contributed by atoms with E-state index in [0.29, 0.717) is 5.69 Å². The fraction of sp³-hybridized carbons (Fsp3) is 0.125.